The molecule has 84 valence electrons. The van der Waals surface area contributed by atoms with Crippen LogP contribution in [0.1, 0.15) is 23.8 Å². The summed E-state index contributed by atoms with van der Waals surface area (Å²) in [5.74, 6) is -0.0162. The van der Waals surface area contributed by atoms with Crippen LogP contribution < -0.4 is 0 Å². The van der Waals surface area contributed by atoms with Gasteiger partial charge in [-0.15, -0.1) is 5.10 Å². The van der Waals surface area contributed by atoms with Gasteiger partial charge in [0.25, 0.3) is 0 Å². The van der Waals surface area contributed by atoms with E-state index < -0.39 is 0 Å². The number of Topliss-reactive ketones (excluding diaryl/α,β-unsaturated/α-hetero) is 1. The highest BCUT2D eigenvalue weighted by atomic mass is 16.5. The Morgan fingerprint density at radius 1 is 1.60 bits per heavy atom. The van der Waals surface area contributed by atoms with Gasteiger partial charge in [-0.2, -0.15) is 0 Å². The Hall–Kier alpha value is -1.27. The average molecular weight is 213 g/mol. The van der Waals surface area contributed by atoms with E-state index >= 15 is 0 Å². The van der Waals surface area contributed by atoms with Gasteiger partial charge in [0.15, 0.2) is 5.78 Å². The molecular formula is C9H15N3O3. The number of ether oxygens (including phenoxy) is 1. The first-order chi connectivity index (χ1) is 7.27. The van der Waals surface area contributed by atoms with E-state index in [1.807, 2.05) is 0 Å². The summed E-state index contributed by atoms with van der Waals surface area (Å²) in [4.78, 5) is 11.2. The molecule has 0 aliphatic carbocycles. The highest BCUT2D eigenvalue weighted by Gasteiger charge is 2.07. The van der Waals surface area contributed by atoms with Crippen molar-refractivity contribution in [3.63, 3.8) is 0 Å². The third-order valence-corrected chi connectivity index (χ3v) is 1.85. The maximum atomic E-state index is 11.2. The van der Waals surface area contributed by atoms with Gasteiger partial charge in [-0.1, -0.05) is 12.1 Å². The fraction of sp³-hybridized carbons (Fsp3) is 0.667. The van der Waals surface area contributed by atoms with Crippen molar-refractivity contribution < 1.29 is 14.6 Å². The van der Waals surface area contributed by atoms with E-state index in [2.05, 4.69) is 10.3 Å². The second-order valence-electron chi connectivity index (χ2n) is 2.98. The topological polar surface area (TPSA) is 77.2 Å². The summed E-state index contributed by atoms with van der Waals surface area (Å²) in [6.45, 7) is 3.09. The molecule has 0 atom stereocenters. The molecule has 1 N–H and O–H groups in total. The van der Waals surface area contributed by atoms with E-state index in [-0.39, 0.29) is 12.4 Å². The number of hydrogen-bond acceptors (Lipinski definition) is 5. The van der Waals surface area contributed by atoms with E-state index in [4.69, 9.17) is 9.84 Å². The standard InChI is InChI=1S/C9H15N3O3/c1-2-9(14)8-7-12(11-10-8)3-5-15-6-4-13/h7,13H,2-6H2,1H3. The van der Waals surface area contributed by atoms with Crippen molar-refractivity contribution in [1.82, 2.24) is 15.0 Å². The molecule has 15 heavy (non-hydrogen) atoms. The summed E-state index contributed by atoms with van der Waals surface area (Å²) in [6, 6.07) is 0. The summed E-state index contributed by atoms with van der Waals surface area (Å²) >= 11 is 0. The summed E-state index contributed by atoms with van der Waals surface area (Å²) in [5.41, 5.74) is 0.389. The summed E-state index contributed by atoms with van der Waals surface area (Å²) in [7, 11) is 0. The zero-order valence-corrected chi connectivity index (χ0v) is 8.72. The van der Waals surface area contributed by atoms with Crippen molar-refractivity contribution >= 4 is 5.78 Å². The number of carbonyl (C=O) groups excluding carboxylic acids is 1. The van der Waals surface area contributed by atoms with Gasteiger partial charge in [-0.3, -0.25) is 4.79 Å². The Morgan fingerprint density at radius 3 is 3.07 bits per heavy atom. The van der Waals surface area contributed by atoms with Gasteiger partial charge in [0, 0.05) is 6.42 Å². The number of rotatable bonds is 7. The lowest BCUT2D eigenvalue weighted by Crippen LogP contribution is -2.08. The van der Waals surface area contributed by atoms with Crippen molar-refractivity contribution in [2.24, 2.45) is 0 Å². The Morgan fingerprint density at radius 2 is 2.40 bits per heavy atom. The molecule has 0 radical (unpaired) electrons. The van der Waals surface area contributed by atoms with Gasteiger partial charge in [0.1, 0.15) is 5.69 Å². The van der Waals surface area contributed by atoms with E-state index in [0.717, 1.165) is 0 Å². The van der Waals surface area contributed by atoms with Crippen LogP contribution in [-0.2, 0) is 11.3 Å². The normalized spacial score (nSPS) is 10.5. The van der Waals surface area contributed by atoms with Gasteiger partial charge < -0.3 is 9.84 Å². The van der Waals surface area contributed by atoms with E-state index in [0.29, 0.717) is 31.9 Å². The van der Waals surface area contributed by atoms with E-state index in [1.54, 1.807) is 17.8 Å². The molecule has 0 amide bonds. The minimum absolute atomic E-state index is 0.0108. The van der Waals surface area contributed by atoms with E-state index in [9.17, 15) is 4.79 Å². The molecule has 0 unspecified atom stereocenters. The SMILES string of the molecule is CCC(=O)c1cn(CCOCCO)nn1. The smallest absolute Gasteiger partial charge is 0.184 e. The minimum atomic E-state index is -0.0162. The lowest BCUT2D eigenvalue weighted by Gasteiger charge is -2.00. The predicted molar refractivity (Wildman–Crippen MR) is 52.5 cm³/mol. The Labute approximate surface area is 87.9 Å². The van der Waals surface area contributed by atoms with Crippen LogP contribution >= 0.6 is 0 Å². The van der Waals surface area contributed by atoms with Crippen LogP contribution in [0.25, 0.3) is 0 Å². The largest absolute Gasteiger partial charge is 0.394 e. The minimum Gasteiger partial charge on any atom is -0.394 e. The summed E-state index contributed by atoms with van der Waals surface area (Å²) in [5, 5.41) is 16.0. The molecule has 0 spiro atoms. The predicted octanol–water partition coefficient (Wildman–Crippen LogP) is -0.120. The molecular weight excluding hydrogens is 198 g/mol. The maximum absolute atomic E-state index is 11.2. The molecule has 1 heterocycles. The molecule has 1 aromatic rings. The maximum Gasteiger partial charge on any atom is 0.184 e. The average Bonchev–Trinajstić information content (AvgIpc) is 2.72. The van der Waals surface area contributed by atoms with Crippen LogP contribution in [0.5, 0.6) is 0 Å². The fourth-order valence-corrected chi connectivity index (χ4v) is 1.04. The highest BCUT2D eigenvalue weighted by Crippen LogP contribution is 1.97. The lowest BCUT2D eigenvalue weighted by atomic mass is 10.2. The van der Waals surface area contributed by atoms with Crippen LogP contribution in [0.3, 0.4) is 0 Å². The zero-order valence-electron chi connectivity index (χ0n) is 8.72. The third-order valence-electron chi connectivity index (χ3n) is 1.85. The first-order valence-electron chi connectivity index (χ1n) is 4.90. The second-order valence-corrected chi connectivity index (χ2v) is 2.98. The lowest BCUT2D eigenvalue weighted by molar-refractivity contribution is 0.0851. The van der Waals surface area contributed by atoms with Crippen LogP contribution in [0.2, 0.25) is 0 Å². The molecule has 0 aliphatic heterocycles. The van der Waals surface area contributed by atoms with Crippen LogP contribution in [-0.4, -0.2) is 45.7 Å². The second kappa shape index (κ2) is 6.26. The molecule has 0 saturated carbocycles. The third kappa shape index (κ3) is 3.77. The molecule has 0 aromatic carbocycles. The number of aromatic nitrogens is 3. The highest BCUT2D eigenvalue weighted by molar-refractivity contribution is 5.93. The van der Waals surface area contributed by atoms with Gasteiger partial charge in [0.05, 0.1) is 32.6 Å². The fourth-order valence-electron chi connectivity index (χ4n) is 1.04. The van der Waals surface area contributed by atoms with E-state index in [1.165, 1.54) is 0 Å². The summed E-state index contributed by atoms with van der Waals surface area (Å²) in [6.07, 6.45) is 2.04. The Kier molecular flexibility index (Phi) is 4.92. The number of aliphatic hydroxyl groups excluding tert-OH is 1. The quantitative estimate of drug-likeness (QED) is 0.504. The van der Waals surface area contributed by atoms with Crippen LogP contribution in [0.15, 0.2) is 6.20 Å². The molecule has 1 rings (SSSR count). The van der Waals surface area contributed by atoms with Crippen molar-refractivity contribution in [1.29, 1.82) is 0 Å². The monoisotopic (exact) mass is 213 g/mol. The number of hydrogen-bond donors (Lipinski definition) is 1. The number of ketones is 1. The van der Waals surface area contributed by atoms with Gasteiger partial charge in [-0.25, -0.2) is 4.68 Å². The molecule has 0 fully saturated rings. The molecule has 0 saturated heterocycles. The number of aliphatic hydroxyl groups is 1. The van der Waals surface area contributed by atoms with Crippen molar-refractivity contribution in [3.8, 4) is 0 Å². The van der Waals surface area contributed by atoms with Crippen LogP contribution in [0, 0.1) is 0 Å². The van der Waals surface area contributed by atoms with Gasteiger partial charge >= 0.3 is 0 Å². The molecule has 0 aliphatic rings. The van der Waals surface area contributed by atoms with Crippen molar-refractivity contribution in [2.75, 3.05) is 19.8 Å². The Bertz CT molecular complexity index is 311. The molecule has 6 nitrogen and oxygen atoms in total. The number of nitrogens with zero attached hydrogens (tertiary/aromatic N) is 3. The Balaban J connectivity index is 2.36. The first-order valence-corrected chi connectivity index (χ1v) is 4.90. The first kappa shape index (κ1) is 11.8. The number of carbonyl (C=O) groups is 1. The molecule has 6 heteroatoms. The van der Waals surface area contributed by atoms with Gasteiger partial charge in [-0.05, 0) is 0 Å². The molecule has 1 aromatic heterocycles. The molecule has 0 bridgehead atoms. The van der Waals surface area contributed by atoms with Gasteiger partial charge in [0.2, 0.25) is 0 Å². The summed E-state index contributed by atoms with van der Waals surface area (Å²) < 4.78 is 6.62. The van der Waals surface area contributed by atoms with Crippen molar-refractivity contribution in [3.05, 3.63) is 11.9 Å². The zero-order chi connectivity index (χ0) is 11.1. The van der Waals surface area contributed by atoms with Crippen molar-refractivity contribution in [2.45, 2.75) is 19.9 Å². The van der Waals surface area contributed by atoms with Crippen LogP contribution in [0.4, 0.5) is 0 Å².